The molecule has 7 nitrogen and oxygen atoms in total. The summed E-state index contributed by atoms with van der Waals surface area (Å²) in [6.07, 6.45) is 4.60. The molecule has 2 heterocycles. The number of rotatable bonds is 7. The van der Waals surface area contributed by atoms with Crippen LogP contribution in [0.1, 0.15) is 38.5 Å². The maximum atomic E-state index is 12.4. The summed E-state index contributed by atoms with van der Waals surface area (Å²) in [5.41, 5.74) is 0.645. The number of thiophene rings is 1. The molecule has 0 atom stereocenters. The molecule has 4 rings (SSSR count). The van der Waals surface area contributed by atoms with Crippen molar-refractivity contribution in [2.24, 2.45) is 0 Å². The molecule has 1 aromatic heterocycles. The van der Waals surface area contributed by atoms with E-state index in [1.807, 2.05) is 6.07 Å². The zero-order valence-electron chi connectivity index (χ0n) is 16.2. The molecule has 1 aliphatic heterocycles. The van der Waals surface area contributed by atoms with Crippen LogP contribution in [0.15, 0.2) is 39.9 Å². The van der Waals surface area contributed by atoms with Gasteiger partial charge in [-0.15, -0.1) is 11.3 Å². The van der Waals surface area contributed by atoms with Crippen LogP contribution in [-0.4, -0.2) is 38.0 Å². The summed E-state index contributed by atoms with van der Waals surface area (Å²) < 4.78 is 38.4. The number of anilines is 1. The number of amides is 1. The molecule has 0 unspecified atom stereocenters. The van der Waals surface area contributed by atoms with Crippen molar-refractivity contribution in [1.29, 1.82) is 0 Å². The Morgan fingerprint density at radius 3 is 2.69 bits per heavy atom. The maximum Gasteiger partial charge on any atom is 0.252 e. The molecular weight excluding hydrogens is 412 g/mol. The normalized spacial score (nSPS) is 17.2. The van der Waals surface area contributed by atoms with E-state index in [2.05, 4.69) is 5.32 Å². The summed E-state index contributed by atoms with van der Waals surface area (Å²) in [4.78, 5) is 12.3. The molecule has 29 heavy (non-hydrogen) atoms. The van der Waals surface area contributed by atoms with Crippen molar-refractivity contribution >= 4 is 33.0 Å². The van der Waals surface area contributed by atoms with E-state index in [9.17, 15) is 13.2 Å². The zero-order valence-corrected chi connectivity index (χ0v) is 17.9. The van der Waals surface area contributed by atoms with Gasteiger partial charge in [0, 0.05) is 44.6 Å². The monoisotopic (exact) mass is 436 g/mol. The van der Waals surface area contributed by atoms with Crippen LogP contribution in [0.4, 0.5) is 5.69 Å². The highest BCUT2D eigenvalue weighted by Crippen LogP contribution is 2.47. The molecule has 1 spiro atoms. The Kier molecular flexibility index (Phi) is 5.54. The Labute approximate surface area is 174 Å². The lowest BCUT2D eigenvalue weighted by Gasteiger charge is -2.21. The second-order valence-corrected chi connectivity index (χ2v) is 10.6. The van der Waals surface area contributed by atoms with Gasteiger partial charge in [0.2, 0.25) is 5.91 Å². The van der Waals surface area contributed by atoms with E-state index in [0.717, 1.165) is 25.7 Å². The van der Waals surface area contributed by atoms with Gasteiger partial charge in [-0.1, -0.05) is 6.07 Å². The van der Waals surface area contributed by atoms with Gasteiger partial charge in [0.05, 0.1) is 0 Å². The van der Waals surface area contributed by atoms with Gasteiger partial charge < -0.3 is 14.8 Å². The van der Waals surface area contributed by atoms with E-state index < -0.39 is 15.8 Å². The summed E-state index contributed by atoms with van der Waals surface area (Å²) in [7, 11) is -1.95. The minimum Gasteiger partial charge on any atom is -0.448 e. The molecule has 2 aliphatic rings. The Hall–Kier alpha value is -2.10. The van der Waals surface area contributed by atoms with Crippen LogP contribution in [0.25, 0.3) is 0 Å². The predicted molar refractivity (Wildman–Crippen MR) is 111 cm³/mol. The third kappa shape index (κ3) is 4.26. The second kappa shape index (κ2) is 7.97. The van der Waals surface area contributed by atoms with Crippen LogP contribution < -0.4 is 14.8 Å². The number of hydrogen-bond acceptors (Lipinski definition) is 6. The maximum absolute atomic E-state index is 12.4. The Balaban J connectivity index is 1.28. The average Bonchev–Trinajstić information content (AvgIpc) is 3.42. The van der Waals surface area contributed by atoms with Crippen molar-refractivity contribution in [2.45, 2.75) is 48.5 Å². The lowest BCUT2D eigenvalue weighted by Crippen LogP contribution is -2.34. The van der Waals surface area contributed by atoms with Gasteiger partial charge in [0.25, 0.3) is 15.8 Å². The molecule has 1 saturated carbocycles. The van der Waals surface area contributed by atoms with Crippen molar-refractivity contribution in [3.05, 3.63) is 35.7 Å². The van der Waals surface area contributed by atoms with E-state index in [4.69, 9.17) is 9.47 Å². The number of carbonyl (C=O) groups excluding carboxylic acids is 1. The molecular formula is C20H24N2O5S2. The van der Waals surface area contributed by atoms with Gasteiger partial charge in [-0.05, 0) is 42.8 Å². The lowest BCUT2D eigenvalue weighted by molar-refractivity contribution is -0.116. The number of fused-ring (bicyclic) bond motifs is 1. The van der Waals surface area contributed by atoms with Crippen LogP contribution >= 0.6 is 11.3 Å². The standard InChI is InChI=1S/C20H24N2O5S2/c1-22(29(24,25)19-7-5-13-28-19)12-4-6-18(23)21-15-8-9-16-17(14-15)27-20(26-16)10-2-3-11-20/h5,7-9,13-14H,2-4,6,10-12H2,1H3,(H,21,23). The molecule has 1 fully saturated rings. The number of benzene rings is 1. The van der Waals surface area contributed by atoms with E-state index in [1.54, 1.807) is 29.6 Å². The number of carbonyl (C=O) groups is 1. The van der Waals surface area contributed by atoms with E-state index >= 15 is 0 Å². The SMILES string of the molecule is CN(CCCC(=O)Nc1ccc2c(c1)OC1(CCCC1)O2)S(=O)(=O)c1cccs1. The molecule has 0 radical (unpaired) electrons. The molecule has 1 N–H and O–H groups in total. The molecule has 1 aliphatic carbocycles. The number of sulfonamides is 1. The fraction of sp³-hybridized carbons (Fsp3) is 0.450. The predicted octanol–water partition coefficient (Wildman–Crippen LogP) is 3.83. The average molecular weight is 437 g/mol. The lowest BCUT2D eigenvalue weighted by atomic mass is 10.2. The van der Waals surface area contributed by atoms with Crippen LogP contribution in [0.5, 0.6) is 11.5 Å². The molecule has 156 valence electrons. The number of nitrogens with zero attached hydrogens (tertiary/aromatic N) is 1. The minimum absolute atomic E-state index is 0.165. The molecule has 1 aromatic carbocycles. The second-order valence-electron chi connectivity index (χ2n) is 7.39. The van der Waals surface area contributed by atoms with Crippen molar-refractivity contribution in [3.8, 4) is 11.5 Å². The fourth-order valence-corrected chi connectivity index (χ4v) is 6.07. The van der Waals surface area contributed by atoms with Gasteiger partial charge in [0.15, 0.2) is 11.5 Å². The number of nitrogens with one attached hydrogen (secondary N) is 1. The van der Waals surface area contributed by atoms with Gasteiger partial charge >= 0.3 is 0 Å². The summed E-state index contributed by atoms with van der Waals surface area (Å²) >= 11 is 1.19. The fourth-order valence-electron chi connectivity index (χ4n) is 3.66. The molecule has 9 heteroatoms. The molecule has 1 amide bonds. The van der Waals surface area contributed by atoms with Crippen molar-refractivity contribution in [1.82, 2.24) is 4.31 Å². The molecule has 2 aromatic rings. The van der Waals surface area contributed by atoms with Gasteiger partial charge in [-0.2, -0.15) is 0 Å². The van der Waals surface area contributed by atoms with Crippen LogP contribution in [-0.2, 0) is 14.8 Å². The van der Waals surface area contributed by atoms with Crippen molar-refractivity contribution in [3.63, 3.8) is 0 Å². The third-order valence-electron chi connectivity index (χ3n) is 5.22. The largest absolute Gasteiger partial charge is 0.448 e. The first-order valence-corrected chi connectivity index (χ1v) is 12.0. The van der Waals surface area contributed by atoms with Crippen LogP contribution in [0.2, 0.25) is 0 Å². The highest BCUT2D eigenvalue weighted by Gasteiger charge is 2.44. The van der Waals surface area contributed by atoms with E-state index in [1.165, 1.54) is 22.7 Å². The number of ether oxygens (including phenoxy) is 2. The highest BCUT2D eigenvalue weighted by atomic mass is 32.2. The number of hydrogen-bond donors (Lipinski definition) is 1. The summed E-state index contributed by atoms with van der Waals surface area (Å²) in [5, 5.41) is 4.58. The van der Waals surface area contributed by atoms with Gasteiger partial charge in [0.1, 0.15) is 4.21 Å². The summed E-state index contributed by atoms with van der Waals surface area (Å²) in [5.74, 6) is 0.682. The Morgan fingerprint density at radius 1 is 1.21 bits per heavy atom. The van der Waals surface area contributed by atoms with E-state index in [0.29, 0.717) is 27.8 Å². The Bertz CT molecular complexity index is 982. The summed E-state index contributed by atoms with van der Waals surface area (Å²) in [6.45, 7) is 0.275. The zero-order chi connectivity index (χ0) is 20.5. The first-order chi connectivity index (χ1) is 13.9. The van der Waals surface area contributed by atoms with Crippen molar-refractivity contribution < 1.29 is 22.7 Å². The van der Waals surface area contributed by atoms with Crippen molar-refractivity contribution in [2.75, 3.05) is 18.9 Å². The quantitative estimate of drug-likeness (QED) is 0.713. The molecule has 0 saturated heterocycles. The van der Waals surface area contributed by atoms with E-state index in [-0.39, 0.29) is 18.9 Å². The topological polar surface area (TPSA) is 84.9 Å². The third-order valence-corrected chi connectivity index (χ3v) is 8.45. The minimum atomic E-state index is -3.48. The smallest absolute Gasteiger partial charge is 0.252 e. The summed E-state index contributed by atoms with van der Waals surface area (Å²) in [6, 6.07) is 8.69. The van der Waals surface area contributed by atoms with Gasteiger partial charge in [-0.3, -0.25) is 4.79 Å². The highest BCUT2D eigenvalue weighted by molar-refractivity contribution is 7.91. The molecule has 0 bridgehead atoms. The van der Waals surface area contributed by atoms with Crippen LogP contribution in [0, 0.1) is 0 Å². The Morgan fingerprint density at radius 2 is 1.97 bits per heavy atom. The van der Waals surface area contributed by atoms with Crippen LogP contribution in [0.3, 0.4) is 0 Å². The first kappa shape index (κ1) is 20.2. The van der Waals surface area contributed by atoms with Gasteiger partial charge in [-0.25, -0.2) is 12.7 Å². The first-order valence-electron chi connectivity index (χ1n) is 9.70.